The molecule has 0 saturated carbocycles. The lowest BCUT2D eigenvalue weighted by Crippen LogP contribution is -2.37. The molecule has 0 spiro atoms. The number of ether oxygens (including phenoxy) is 2. The third-order valence-electron chi connectivity index (χ3n) is 4.88. The molecule has 0 unspecified atom stereocenters. The van der Waals surface area contributed by atoms with Gasteiger partial charge in [-0.15, -0.1) is 0 Å². The summed E-state index contributed by atoms with van der Waals surface area (Å²) in [6.45, 7) is 5.55. The SMILES string of the molecule is CCOc1cc(C(=O)N(Cc2nc3ccccc3c(=O)[nH]2)C(C)C)c([N+](=O)[O-])cc1OC. The van der Waals surface area contributed by atoms with Crippen molar-refractivity contribution in [2.24, 2.45) is 0 Å². The largest absolute Gasteiger partial charge is 0.493 e. The summed E-state index contributed by atoms with van der Waals surface area (Å²) in [5, 5.41) is 12.1. The molecule has 32 heavy (non-hydrogen) atoms. The lowest BCUT2D eigenvalue weighted by atomic mass is 10.1. The maximum atomic E-state index is 13.4. The molecule has 10 heteroatoms. The first-order chi connectivity index (χ1) is 15.3. The smallest absolute Gasteiger partial charge is 0.286 e. The quantitative estimate of drug-likeness (QED) is 0.420. The van der Waals surface area contributed by atoms with Gasteiger partial charge in [0.15, 0.2) is 11.5 Å². The van der Waals surface area contributed by atoms with E-state index in [-0.39, 0.29) is 47.6 Å². The maximum Gasteiger partial charge on any atom is 0.286 e. The fraction of sp³-hybridized carbons (Fsp3) is 0.318. The van der Waals surface area contributed by atoms with Gasteiger partial charge in [-0.05, 0) is 32.9 Å². The summed E-state index contributed by atoms with van der Waals surface area (Å²) in [5.74, 6) is 0.0691. The van der Waals surface area contributed by atoms with Crippen LogP contribution < -0.4 is 15.0 Å². The van der Waals surface area contributed by atoms with Gasteiger partial charge in [-0.3, -0.25) is 19.7 Å². The molecule has 0 aliphatic rings. The van der Waals surface area contributed by atoms with Crippen LogP contribution in [-0.4, -0.2) is 45.5 Å². The van der Waals surface area contributed by atoms with Crippen molar-refractivity contribution in [2.45, 2.75) is 33.4 Å². The molecule has 0 aliphatic heterocycles. The lowest BCUT2D eigenvalue weighted by molar-refractivity contribution is -0.385. The van der Waals surface area contributed by atoms with Crippen molar-refractivity contribution in [3.63, 3.8) is 0 Å². The second kappa shape index (κ2) is 9.46. The molecule has 1 N–H and O–H groups in total. The highest BCUT2D eigenvalue weighted by Gasteiger charge is 2.30. The normalized spacial score (nSPS) is 10.9. The topological polar surface area (TPSA) is 128 Å². The highest BCUT2D eigenvalue weighted by Crippen LogP contribution is 2.35. The number of aromatic nitrogens is 2. The Morgan fingerprint density at radius 1 is 1.25 bits per heavy atom. The van der Waals surface area contributed by atoms with E-state index in [9.17, 15) is 19.7 Å². The van der Waals surface area contributed by atoms with E-state index in [1.54, 1.807) is 45.0 Å². The number of nitrogens with one attached hydrogen (secondary N) is 1. The monoisotopic (exact) mass is 440 g/mol. The zero-order valence-electron chi connectivity index (χ0n) is 18.2. The molecule has 0 atom stereocenters. The summed E-state index contributed by atoms with van der Waals surface area (Å²) in [4.78, 5) is 45.4. The molecule has 3 rings (SSSR count). The van der Waals surface area contributed by atoms with Crippen molar-refractivity contribution >= 4 is 22.5 Å². The Morgan fingerprint density at radius 2 is 1.97 bits per heavy atom. The number of methoxy groups -OCH3 is 1. The standard InChI is InChI=1S/C22H24N4O6/c1-5-32-19-10-15(17(26(29)30)11-18(19)31-4)22(28)25(13(2)3)12-20-23-16-9-7-6-8-14(16)21(27)24-20/h6-11,13H,5,12H2,1-4H3,(H,23,24,27). The minimum absolute atomic E-state index is 0.0380. The molecule has 0 bridgehead atoms. The number of para-hydroxylation sites is 1. The molecular formula is C22H24N4O6. The molecule has 1 heterocycles. The molecule has 1 aromatic heterocycles. The summed E-state index contributed by atoms with van der Waals surface area (Å²) in [6, 6.07) is 9.02. The zero-order chi connectivity index (χ0) is 23.4. The molecule has 0 aliphatic carbocycles. The van der Waals surface area contributed by atoms with Gasteiger partial charge in [-0.2, -0.15) is 0 Å². The Balaban J connectivity index is 2.06. The number of carbonyl (C=O) groups is 1. The molecule has 0 radical (unpaired) electrons. The number of aromatic amines is 1. The Labute approximate surface area is 183 Å². The third kappa shape index (κ3) is 4.53. The van der Waals surface area contributed by atoms with E-state index in [1.165, 1.54) is 24.1 Å². The summed E-state index contributed by atoms with van der Waals surface area (Å²) >= 11 is 0. The Bertz CT molecular complexity index is 1220. The Morgan fingerprint density at radius 3 is 2.59 bits per heavy atom. The van der Waals surface area contributed by atoms with Crippen molar-refractivity contribution in [3.05, 3.63) is 68.3 Å². The van der Waals surface area contributed by atoms with Crippen molar-refractivity contribution < 1.29 is 19.2 Å². The number of rotatable bonds is 8. The van der Waals surface area contributed by atoms with Gasteiger partial charge in [0.25, 0.3) is 17.2 Å². The van der Waals surface area contributed by atoms with Gasteiger partial charge < -0.3 is 19.4 Å². The third-order valence-corrected chi connectivity index (χ3v) is 4.88. The average Bonchev–Trinajstić information content (AvgIpc) is 2.76. The van der Waals surface area contributed by atoms with Crippen LogP contribution in [0, 0.1) is 10.1 Å². The minimum atomic E-state index is -0.639. The van der Waals surface area contributed by atoms with Crippen LogP contribution in [0.4, 0.5) is 5.69 Å². The van der Waals surface area contributed by atoms with E-state index in [2.05, 4.69) is 9.97 Å². The minimum Gasteiger partial charge on any atom is -0.493 e. The summed E-state index contributed by atoms with van der Waals surface area (Å²) < 4.78 is 10.7. The number of nitro benzene ring substituents is 1. The maximum absolute atomic E-state index is 13.4. The van der Waals surface area contributed by atoms with Crippen molar-refractivity contribution in [2.75, 3.05) is 13.7 Å². The van der Waals surface area contributed by atoms with Crippen LogP contribution in [0.25, 0.3) is 10.9 Å². The number of nitrogens with zero attached hydrogens (tertiary/aromatic N) is 3. The van der Waals surface area contributed by atoms with E-state index >= 15 is 0 Å². The average molecular weight is 440 g/mol. The highest BCUT2D eigenvalue weighted by molar-refractivity contribution is 5.99. The number of benzene rings is 2. The van der Waals surface area contributed by atoms with Crippen LogP contribution in [-0.2, 0) is 6.54 Å². The van der Waals surface area contributed by atoms with E-state index in [0.29, 0.717) is 10.9 Å². The number of hydrogen-bond acceptors (Lipinski definition) is 7. The van der Waals surface area contributed by atoms with Crippen LogP contribution in [0.15, 0.2) is 41.2 Å². The van der Waals surface area contributed by atoms with Gasteiger partial charge in [-0.1, -0.05) is 12.1 Å². The zero-order valence-corrected chi connectivity index (χ0v) is 18.2. The Hall–Kier alpha value is -3.95. The molecule has 1 amide bonds. The first-order valence-corrected chi connectivity index (χ1v) is 10.0. The molecule has 168 valence electrons. The molecule has 10 nitrogen and oxygen atoms in total. The number of carbonyl (C=O) groups excluding carboxylic acids is 1. The predicted molar refractivity (Wildman–Crippen MR) is 118 cm³/mol. The van der Waals surface area contributed by atoms with E-state index in [4.69, 9.17) is 9.47 Å². The molecular weight excluding hydrogens is 416 g/mol. The number of fused-ring (bicyclic) bond motifs is 1. The summed E-state index contributed by atoms with van der Waals surface area (Å²) in [5.41, 5.74) is -0.371. The second-order valence-electron chi connectivity index (χ2n) is 7.27. The van der Waals surface area contributed by atoms with Crippen LogP contribution >= 0.6 is 0 Å². The van der Waals surface area contributed by atoms with Gasteiger partial charge in [0, 0.05) is 12.1 Å². The highest BCUT2D eigenvalue weighted by atomic mass is 16.6. The van der Waals surface area contributed by atoms with E-state index < -0.39 is 16.5 Å². The number of nitro groups is 1. The van der Waals surface area contributed by atoms with Gasteiger partial charge >= 0.3 is 0 Å². The van der Waals surface area contributed by atoms with Gasteiger partial charge in [0.1, 0.15) is 11.4 Å². The van der Waals surface area contributed by atoms with Crippen LogP contribution in [0.3, 0.4) is 0 Å². The lowest BCUT2D eigenvalue weighted by Gasteiger charge is -2.26. The van der Waals surface area contributed by atoms with E-state index in [0.717, 1.165) is 0 Å². The fourth-order valence-corrected chi connectivity index (χ4v) is 3.31. The number of hydrogen-bond donors (Lipinski definition) is 1. The fourth-order valence-electron chi connectivity index (χ4n) is 3.31. The molecule has 3 aromatic rings. The number of H-pyrrole nitrogens is 1. The summed E-state index contributed by atoms with van der Waals surface area (Å²) in [7, 11) is 1.37. The van der Waals surface area contributed by atoms with Crippen molar-refractivity contribution in [3.8, 4) is 11.5 Å². The van der Waals surface area contributed by atoms with Gasteiger partial charge in [-0.25, -0.2) is 4.98 Å². The van der Waals surface area contributed by atoms with E-state index in [1.807, 2.05) is 0 Å². The van der Waals surface area contributed by atoms with Crippen molar-refractivity contribution in [1.82, 2.24) is 14.9 Å². The molecule has 2 aromatic carbocycles. The van der Waals surface area contributed by atoms with Gasteiger partial charge in [0.05, 0.1) is 42.2 Å². The van der Waals surface area contributed by atoms with Gasteiger partial charge in [0.2, 0.25) is 0 Å². The van der Waals surface area contributed by atoms with Crippen LogP contribution in [0.5, 0.6) is 11.5 Å². The van der Waals surface area contributed by atoms with Crippen LogP contribution in [0.1, 0.15) is 37.0 Å². The summed E-state index contributed by atoms with van der Waals surface area (Å²) in [6.07, 6.45) is 0. The first-order valence-electron chi connectivity index (χ1n) is 10.0. The van der Waals surface area contributed by atoms with Crippen LogP contribution in [0.2, 0.25) is 0 Å². The van der Waals surface area contributed by atoms with Crippen molar-refractivity contribution in [1.29, 1.82) is 0 Å². The Kier molecular flexibility index (Phi) is 6.72. The molecule has 0 saturated heterocycles. The number of amides is 1. The molecule has 0 fully saturated rings. The first kappa shape index (κ1) is 22.7. The predicted octanol–water partition coefficient (Wildman–Crippen LogP) is 3.29. The second-order valence-corrected chi connectivity index (χ2v) is 7.27.